The molecule has 2 aromatic carbocycles. The summed E-state index contributed by atoms with van der Waals surface area (Å²) in [7, 11) is -2.09. The number of benzene rings is 2. The van der Waals surface area contributed by atoms with Crippen molar-refractivity contribution in [2.45, 2.75) is 69.5 Å². The van der Waals surface area contributed by atoms with E-state index in [9.17, 15) is 19.5 Å². The van der Waals surface area contributed by atoms with Crippen molar-refractivity contribution >= 4 is 54.5 Å². The molecule has 0 aromatic heterocycles. The van der Waals surface area contributed by atoms with Gasteiger partial charge < -0.3 is 28.5 Å². The summed E-state index contributed by atoms with van der Waals surface area (Å²) in [6, 6.07) is 15.3. The van der Waals surface area contributed by atoms with Crippen LogP contribution in [0, 0.1) is 9.49 Å². The second-order valence-electron chi connectivity index (χ2n) is 11.7. The Morgan fingerprint density at radius 3 is 2.55 bits per heavy atom. The van der Waals surface area contributed by atoms with Gasteiger partial charge in [0, 0.05) is 46.6 Å². The van der Waals surface area contributed by atoms with Gasteiger partial charge in [-0.05, 0) is 72.3 Å². The van der Waals surface area contributed by atoms with E-state index in [0.717, 1.165) is 14.8 Å². The van der Waals surface area contributed by atoms with Gasteiger partial charge in [0.2, 0.25) is 14.3 Å². The van der Waals surface area contributed by atoms with Gasteiger partial charge in [0.15, 0.2) is 5.60 Å². The normalized spacial score (nSPS) is 23.4. The van der Waals surface area contributed by atoms with E-state index >= 15 is 4.11 Å². The Morgan fingerprint density at radius 1 is 1.19 bits per heavy atom. The van der Waals surface area contributed by atoms with Crippen molar-refractivity contribution in [2.75, 3.05) is 31.7 Å². The molecule has 0 unspecified atom stereocenters. The van der Waals surface area contributed by atoms with Crippen LogP contribution in [0.2, 0.25) is 18.6 Å². The van der Waals surface area contributed by atoms with Gasteiger partial charge in [0.05, 0.1) is 31.9 Å². The molecule has 0 aliphatic carbocycles. The Labute approximate surface area is 261 Å². The number of fused-ring (bicyclic) bond motifs is 2. The number of aliphatic hydroxyl groups excluding tert-OH is 1. The average Bonchev–Trinajstić information content (AvgIpc) is 3.37. The molecule has 2 heterocycles. The molecule has 1 saturated heterocycles. The van der Waals surface area contributed by atoms with Crippen LogP contribution in [-0.4, -0.2) is 69.1 Å². The first kappa shape index (κ1) is 32.6. The number of unbranched alkanes of at least 4 members (excludes halogenated alkanes) is 1. The number of methoxy groups -OCH3 is 1. The SMILES string of the molecule is COC(=O)CCCCN1C(=O)[C@@]2(O[C@@H](CC(=O)N(CCO)Cc3ccccc3)[C@H]([Si](C)(C)F)[C@H]2C)c2cc(I)ccc21. The van der Waals surface area contributed by atoms with E-state index in [1.807, 2.05) is 55.5 Å². The molecular formula is C31H40FIN2O6Si. The molecule has 4 rings (SSSR count). The first-order valence-electron chi connectivity index (χ1n) is 14.4. The standard InChI is InChI=1S/C31H40FIN2O6Si/c1-21-29(42(3,4)32)26(19-27(37)34(16-17-36)20-22-10-6-5-7-11-22)41-31(21)24-18-23(33)13-14-25(24)35(30(31)39)15-9-8-12-28(38)40-2/h5-7,10-11,13-14,18,21,26,29,36H,8-9,12,15-17,19-20H2,1-4H3/t21-,26+,29-,31+/m1/s1. The van der Waals surface area contributed by atoms with Crippen LogP contribution < -0.4 is 4.90 Å². The van der Waals surface area contributed by atoms with Crippen molar-refractivity contribution < 1.29 is 33.1 Å². The molecule has 0 bridgehead atoms. The molecule has 4 atom stereocenters. The molecule has 2 aliphatic rings. The molecule has 2 aromatic rings. The zero-order valence-electron chi connectivity index (χ0n) is 24.6. The molecule has 1 spiro atoms. The maximum absolute atomic E-state index is 16.1. The molecule has 1 N–H and O–H groups in total. The minimum Gasteiger partial charge on any atom is -0.469 e. The summed E-state index contributed by atoms with van der Waals surface area (Å²) < 4.78 is 28.5. The highest BCUT2D eigenvalue weighted by molar-refractivity contribution is 14.1. The van der Waals surface area contributed by atoms with E-state index in [-0.39, 0.29) is 43.8 Å². The monoisotopic (exact) mass is 710 g/mol. The molecule has 8 nitrogen and oxygen atoms in total. The Bertz CT molecular complexity index is 1290. The summed E-state index contributed by atoms with van der Waals surface area (Å²) in [5, 5.41) is 9.69. The maximum atomic E-state index is 16.1. The number of rotatable bonds is 12. The predicted molar refractivity (Wildman–Crippen MR) is 169 cm³/mol. The number of anilines is 1. The van der Waals surface area contributed by atoms with Crippen molar-refractivity contribution in [1.82, 2.24) is 4.90 Å². The molecule has 228 valence electrons. The van der Waals surface area contributed by atoms with Crippen LogP contribution in [0.15, 0.2) is 48.5 Å². The summed E-state index contributed by atoms with van der Waals surface area (Å²) >= 11 is 2.20. The maximum Gasteiger partial charge on any atom is 0.305 e. The van der Waals surface area contributed by atoms with Crippen LogP contribution in [0.1, 0.15) is 43.7 Å². The van der Waals surface area contributed by atoms with Gasteiger partial charge in [-0.25, -0.2) is 0 Å². The lowest BCUT2D eigenvalue weighted by Gasteiger charge is -2.31. The van der Waals surface area contributed by atoms with E-state index in [2.05, 4.69) is 22.6 Å². The fourth-order valence-corrected chi connectivity index (χ4v) is 9.59. The summed E-state index contributed by atoms with van der Waals surface area (Å²) in [4.78, 5) is 42.9. The van der Waals surface area contributed by atoms with E-state index in [1.54, 1.807) is 22.9 Å². The number of ether oxygens (including phenoxy) is 2. The quantitative estimate of drug-likeness (QED) is 0.108. The third kappa shape index (κ3) is 6.58. The van der Waals surface area contributed by atoms with Crippen molar-refractivity contribution in [3.05, 3.63) is 63.2 Å². The molecule has 42 heavy (non-hydrogen) atoms. The van der Waals surface area contributed by atoms with E-state index in [4.69, 9.17) is 9.47 Å². The number of hydrogen-bond acceptors (Lipinski definition) is 6. The number of hydrogen-bond donors (Lipinski definition) is 1. The number of carbonyl (C=O) groups excluding carboxylic acids is 3. The van der Waals surface area contributed by atoms with Crippen LogP contribution in [-0.2, 0) is 36.0 Å². The second-order valence-corrected chi connectivity index (χ2v) is 16.7. The number of halogens is 2. The fourth-order valence-electron chi connectivity index (χ4n) is 6.60. The number of amides is 2. The highest BCUT2D eigenvalue weighted by atomic mass is 127. The van der Waals surface area contributed by atoms with Crippen molar-refractivity contribution in [3.63, 3.8) is 0 Å². The Hall–Kier alpha value is -2.35. The van der Waals surface area contributed by atoms with Crippen LogP contribution >= 0.6 is 22.6 Å². The van der Waals surface area contributed by atoms with Gasteiger partial charge in [0.25, 0.3) is 5.91 Å². The highest BCUT2D eigenvalue weighted by Gasteiger charge is 2.67. The van der Waals surface area contributed by atoms with Gasteiger partial charge in [-0.2, -0.15) is 0 Å². The number of nitrogens with zero attached hydrogens (tertiary/aromatic N) is 2. The van der Waals surface area contributed by atoms with Gasteiger partial charge >= 0.3 is 5.97 Å². The molecule has 0 saturated carbocycles. The zero-order valence-corrected chi connectivity index (χ0v) is 27.8. The fraction of sp³-hybridized carbons (Fsp3) is 0.516. The summed E-state index contributed by atoms with van der Waals surface area (Å²) in [5.41, 5.74) is 0.329. The van der Waals surface area contributed by atoms with Gasteiger partial charge in [-0.15, -0.1) is 0 Å². The Morgan fingerprint density at radius 2 is 1.90 bits per heavy atom. The van der Waals surface area contributed by atoms with Crippen LogP contribution in [0.5, 0.6) is 0 Å². The smallest absolute Gasteiger partial charge is 0.305 e. The summed E-state index contributed by atoms with van der Waals surface area (Å²) in [6.45, 7) is 5.74. The Balaban J connectivity index is 1.64. The van der Waals surface area contributed by atoms with Gasteiger partial charge in [0.1, 0.15) is 0 Å². The molecular weight excluding hydrogens is 670 g/mol. The Kier molecular flexibility index (Phi) is 10.5. The minimum atomic E-state index is -3.44. The predicted octanol–water partition coefficient (Wildman–Crippen LogP) is 5.17. The lowest BCUT2D eigenvalue weighted by atomic mass is 9.82. The van der Waals surface area contributed by atoms with Crippen molar-refractivity contribution in [3.8, 4) is 0 Å². The lowest BCUT2D eigenvalue weighted by Crippen LogP contribution is -2.45. The van der Waals surface area contributed by atoms with Crippen molar-refractivity contribution in [1.29, 1.82) is 0 Å². The summed E-state index contributed by atoms with van der Waals surface area (Å²) in [5.74, 6) is -1.31. The van der Waals surface area contributed by atoms with Gasteiger partial charge in [-0.3, -0.25) is 14.4 Å². The number of esters is 1. The zero-order chi connectivity index (χ0) is 30.7. The minimum absolute atomic E-state index is 0.0877. The van der Waals surface area contributed by atoms with Crippen LogP contribution in [0.4, 0.5) is 9.80 Å². The third-order valence-corrected chi connectivity index (χ3v) is 11.6. The molecule has 0 radical (unpaired) electrons. The first-order valence-corrected chi connectivity index (χ1v) is 18.5. The molecule has 2 aliphatic heterocycles. The number of carbonyl (C=O) groups is 3. The highest BCUT2D eigenvalue weighted by Crippen LogP contribution is 2.60. The topological polar surface area (TPSA) is 96.4 Å². The van der Waals surface area contributed by atoms with Crippen LogP contribution in [0.3, 0.4) is 0 Å². The van der Waals surface area contributed by atoms with E-state index in [1.165, 1.54) is 7.11 Å². The lowest BCUT2D eigenvalue weighted by molar-refractivity contribution is -0.150. The molecule has 2 amide bonds. The average molecular weight is 711 g/mol. The van der Waals surface area contributed by atoms with Crippen molar-refractivity contribution in [2.24, 2.45) is 5.92 Å². The second kappa shape index (κ2) is 13.5. The van der Waals surface area contributed by atoms with E-state index in [0.29, 0.717) is 31.5 Å². The van der Waals surface area contributed by atoms with Crippen LogP contribution in [0.25, 0.3) is 0 Å². The largest absolute Gasteiger partial charge is 0.469 e. The third-order valence-electron chi connectivity index (χ3n) is 8.48. The summed E-state index contributed by atoms with van der Waals surface area (Å²) in [6.07, 6.45) is 0.518. The van der Waals surface area contributed by atoms with E-state index < -0.39 is 31.6 Å². The molecule has 1 fully saturated rings. The first-order chi connectivity index (χ1) is 19.9. The number of aliphatic hydroxyl groups is 1. The van der Waals surface area contributed by atoms with Gasteiger partial charge in [-0.1, -0.05) is 37.3 Å². The molecule has 11 heteroatoms.